The molecule has 0 radical (unpaired) electrons. The van der Waals surface area contributed by atoms with Gasteiger partial charge >= 0.3 is 0 Å². The van der Waals surface area contributed by atoms with Gasteiger partial charge < -0.3 is 19.1 Å². The van der Waals surface area contributed by atoms with E-state index in [4.69, 9.17) is 4.74 Å². The number of ether oxygens (including phenoxy) is 1. The molecular weight excluding hydrogens is 764 g/mol. The average Bonchev–Trinajstić information content (AvgIpc) is 3.26. The Hall–Kier alpha value is -6.61. The summed E-state index contributed by atoms with van der Waals surface area (Å²) in [6.45, 7) is 13.5. The van der Waals surface area contributed by atoms with Crippen molar-refractivity contribution in [3.05, 3.63) is 187 Å². The fourth-order valence-corrected chi connectivity index (χ4v) is 12.9. The van der Waals surface area contributed by atoms with Gasteiger partial charge in [0.25, 0.3) is 0 Å². The van der Waals surface area contributed by atoms with Gasteiger partial charge in [0.05, 0.1) is 38.7 Å². The lowest BCUT2D eigenvalue weighted by atomic mass is 9.87. The summed E-state index contributed by atoms with van der Waals surface area (Å²) in [6.07, 6.45) is 0. The second kappa shape index (κ2) is 13.4. The molecule has 0 fully saturated rings. The van der Waals surface area contributed by atoms with Crippen LogP contribution in [-0.2, 0) is 15.4 Å². The second-order valence-electron chi connectivity index (χ2n) is 18.6. The Bertz CT molecular complexity index is 2890. The van der Waals surface area contributed by atoms with E-state index in [0.29, 0.717) is 11.5 Å². The van der Waals surface area contributed by atoms with Crippen molar-refractivity contribution in [2.75, 3.05) is 9.80 Å². The molecule has 0 unspecified atom stereocenters. The molecule has 0 amide bonds. The highest BCUT2D eigenvalue weighted by Gasteiger charge is 2.54. The van der Waals surface area contributed by atoms with Crippen LogP contribution < -0.4 is 30.5 Å². The highest BCUT2D eigenvalue weighted by Crippen LogP contribution is 2.67. The van der Waals surface area contributed by atoms with Crippen molar-refractivity contribution in [1.29, 1.82) is 0 Å². The van der Waals surface area contributed by atoms with E-state index in [1.165, 1.54) is 11.1 Å². The first-order valence-electron chi connectivity index (χ1n) is 21.2. The van der Waals surface area contributed by atoms with Gasteiger partial charge in [-0.05, 0) is 116 Å². The SMILES string of the molecule is CC(C)(C)c1ccc(N2c3cc(-c4ccccc4)cc4c3P3(=O)c5c(cc(-c6ccccc6)cc5N(c5ccc(C(C)(C)C)cc5)c5cc(-c6ccccc6)cc2c53)O4)cc1. The van der Waals surface area contributed by atoms with Crippen molar-refractivity contribution in [1.82, 2.24) is 0 Å². The molecule has 8 aromatic carbocycles. The first-order chi connectivity index (χ1) is 29.4. The van der Waals surface area contributed by atoms with Gasteiger partial charge in [0.2, 0.25) is 0 Å². The smallest absolute Gasteiger partial charge is 0.186 e. The number of nitrogens with zero attached hydrogens (tertiary/aromatic N) is 2. The Morgan fingerprint density at radius 2 is 0.689 bits per heavy atom. The highest BCUT2D eigenvalue weighted by atomic mass is 31.2. The van der Waals surface area contributed by atoms with Crippen LogP contribution >= 0.6 is 7.14 Å². The van der Waals surface area contributed by atoms with Crippen molar-refractivity contribution in [2.24, 2.45) is 0 Å². The zero-order valence-electron chi connectivity index (χ0n) is 35.4. The molecule has 3 aliphatic heterocycles. The zero-order chi connectivity index (χ0) is 41.8. The molecule has 0 atom stereocenters. The minimum absolute atomic E-state index is 0.0233. The standard InChI is InChI=1S/C56H47N2O2P/c1-55(2,3)42-22-26-44(27-23-42)57-46-30-39(36-16-10-7-11-17-36)31-47-52(46)61(59)53-48(57)32-40(37-18-12-8-13-19-37)34-50(53)60-51-35-41(38-20-14-9-15-21-38)33-49(54(51)61)58(47)45-28-24-43(25-29-45)56(4,5)6/h7-35H,1-6H3. The van der Waals surface area contributed by atoms with Gasteiger partial charge in [-0.25, -0.2) is 0 Å². The van der Waals surface area contributed by atoms with E-state index in [2.05, 4.69) is 215 Å². The maximum atomic E-state index is 17.3. The largest absolute Gasteiger partial charge is 0.456 e. The topological polar surface area (TPSA) is 32.8 Å². The molecule has 0 saturated heterocycles. The van der Waals surface area contributed by atoms with Crippen molar-refractivity contribution in [3.63, 3.8) is 0 Å². The first-order valence-corrected chi connectivity index (χ1v) is 22.9. The Labute approximate surface area is 359 Å². The molecule has 0 aliphatic carbocycles. The summed E-state index contributed by atoms with van der Waals surface area (Å²) < 4.78 is 24.5. The van der Waals surface area contributed by atoms with Crippen LogP contribution in [-0.4, -0.2) is 0 Å². The third kappa shape index (κ3) is 5.84. The van der Waals surface area contributed by atoms with Crippen molar-refractivity contribution < 1.29 is 9.30 Å². The quantitative estimate of drug-likeness (QED) is 0.162. The summed E-state index contributed by atoms with van der Waals surface area (Å²) in [5.74, 6) is 1.26. The summed E-state index contributed by atoms with van der Waals surface area (Å²) in [5, 5.41) is 2.33. The molecule has 8 aromatic rings. The minimum Gasteiger partial charge on any atom is -0.456 e. The Morgan fingerprint density at radius 1 is 0.377 bits per heavy atom. The Balaban J connectivity index is 1.29. The van der Waals surface area contributed by atoms with Crippen LogP contribution in [0.4, 0.5) is 34.1 Å². The third-order valence-electron chi connectivity index (χ3n) is 12.6. The number of hydrogen-bond donors (Lipinski definition) is 0. The van der Waals surface area contributed by atoms with Gasteiger partial charge in [0, 0.05) is 11.4 Å². The molecule has 5 heteroatoms. The number of rotatable bonds is 5. The molecule has 3 aliphatic rings. The number of benzene rings is 8. The predicted molar refractivity (Wildman–Crippen MR) is 256 cm³/mol. The summed E-state index contributed by atoms with van der Waals surface area (Å²) in [4.78, 5) is 4.69. The Morgan fingerprint density at radius 3 is 1.02 bits per heavy atom. The van der Waals surface area contributed by atoms with E-state index in [1.807, 2.05) is 12.1 Å². The predicted octanol–water partition coefficient (Wildman–Crippen LogP) is 14.6. The fraction of sp³-hybridized carbons (Fsp3) is 0.143. The maximum absolute atomic E-state index is 17.3. The van der Waals surface area contributed by atoms with Gasteiger partial charge in [0.15, 0.2) is 7.14 Å². The van der Waals surface area contributed by atoms with Gasteiger partial charge in [-0.1, -0.05) is 157 Å². The lowest BCUT2D eigenvalue weighted by Crippen LogP contribution is -2.45. The molecule has 4 nitrogen and oxygen atoms in total. The van der Waals surface area contributed by atoms with Gasteiger partial charge in [-0.3, -0.25) is 0 Å². The monoisotopic (exact) mass is 810 g/mol. The van der Waals surface area contributed by atoms with E-state index in [0.717, 1.165) is 83.4 Å². The molecule has 0 bridgehead atoms. The minimum atomic E-state index is -3.61. The number of anilines is 6. The van der Waals surface area contributed by atoms with Crippen molar-refractivity contribution in [3.8, 4) is 44.9 Å². The van der Waals surface area contributed by atoms with Crippen molar-refractivity contribution >= 4 is 57.2 Å². The first kappa shape index (κ1) is 37.4. The molecule has 0 saturated carbocycles. The van der Waals surface area contributed by atoms with Crippen LogP contribution in [0.15, 0.2) is 176 Å². The summed E-state index contributed by atoms with van der Waals surface area (Å²) in [5.41, 5.74) is 14.3. The molecule has 0 aromatic heterocycles. The van der Waals surface area contributed by atoms with Crippen LogP contribution in [0, 0.1) is 0 Å². The van der Waals surface area contributed by atoms with Gasteiger partial charge in [0.1, 0.15) is 11.5 Å². The molecule has 11 rings (SSSR count). The fourth-order valence-electron chi connectivity index (χ4n) is 9.47. The van der Waals surface area contributed by atoms with E-state index >= 15 is 4.57 Å². The van der Waals surface area contributed by atoms with Crippen LogP contribution in [0.1, 0.15) is 52.7 Å². The maximum Gasteiger partial charge on any atom is 0.186 e. The summed E-state index contributed by atoms with van der Waals surface area (Å²) in [6, 6.07) is 62.5. The summed E-state index contributed by atoms with van der Waals surface area (Å²) >= 11 is 0. The third-order valence-corrected chi connectivity index (χ3v) is 15.9. The molecule has 3 heterocycles. The van der Waals surface area contributed by atoms with Crippen LogP contribution in [0.25, 0.3) is 33.4 Å². The zero-order valence-corrected chi connectivity index (χ0v) is 36.3. The van der Waals surface area contributed by atoms with Crippen LogP contribution in [0.2, 0.25) is 0 Å². The lowest BCUT2D eigenvalue weighted by molar-refractivity contribution is 0.486. The highest BCUT2D eigenvalue weighted by molar-refractivity contribution is 7.87. The van der Waals surface area contributed by atoms with Crippen LogP contribution in [0.3, 0.4) is 0 Å². The van der Waals surface area contributed by atoms with Crippen molar-refractivity contribution in [2.45, 2.75) is 52.4 Å². The van der Waals surface area contributed by atoms with Gasteiger partial charge in [-0.2, -0.15) is 0 Å². The van der Waals surface area contributed by atoms with Gasteiger partial charge in [-0.15, -0.1) is 0 Å². The second-order valence-corrected chi connectivity index (χ2v) is 21.2. The van der Waals surface area contributed by atoms with E-state index < -0.39 is 7.14 Å². The normalized spacial score (nSPS) is 14.3. The molecule has 298 valence electrons. The van der Waals surface area contributed by atoms with E-state index in [1.54, 1.807) is 0 Å². The Kier molecular flexibility index (Phi) is 8.24. The molecule has 0 N–H and O–H groups in total. The summed E-state index contributed by atoms with van der Waals surface area (Å²) in [7, 11) is -3.61. The molecule has 0 spiro atoms. The molecular formula is C56H47N2O2P. The number of hydrogen-bond acceptors (Lipinski definition) is 4. The van der Waals surface area contributed by atoms with Crippen LogP contribution in [0.5, 0.6) is 11.5 Å². The van der Waals surface area contributed by atoms with E-state index in [9.17, 15) is 0 Å². The average molecular weight is 811 g/mol. The lowest BCUT2D eigenvalue weighted by Gasteiger charge is -2.47. The molecule has 61 heavy (non-hydrogen) atoms. The van der Waals surface area contributed by atoms with E-state index in [-0.39, 0.29) is 10.8 Å².